The number of carbonyl (C=O) groups is 1. The van der Waals surface area contributed by atoms with Gasteiger partial charge in [0, 0.05) is 25.2 Å². The lowest BCUT2D eigenvalue weighted by atomic mass is 10.2. The molecular weight excluding hydrogens is 214 g/mol. The van der Waals surface area contributed by atoms with Crippen LogP contribution in [-0.4, -0.2) is 48.6 Å². The van der Waals surface area contributed by atoms with Gasteiger partial charge < -0.3 is 10.6 Å². The van der Waals surface area contributed by atoms with Crippen molar-refractivity contribution < 1.29 is 4.79 Å². The average molecular weight is 241 g/mol. The molecule has 0 saturated carbocycles. The van der Waals surface area contributed by atoms with Gasteiger partial charge in [0.2, 0.25) is 5.91 Å². The number of hydrogen-bond donors (Lipinski definition) is 2. The van der Waals surface area contributed by atoms with E-state index >= 15 is 0 Å². The molecule has 1 aliphatic rings. The maximum atomic E-state index is 11.7. The molecule has 2 N–H and O–H groups in total. The molecule has 1 saturated heterocycles. The third-order valence-electron chi connectivity index (χ3n) is 3.38. The molecule has 100 valence electrons. The number of likely N-dealkylation sites (tertiary alicyclic amines) is 1. The van der Waals surface area contributed by atoms with Crippen molar-refractivity contribution >= 4 is 5.91 Å². The lowest BCUT2D eigenvalue weighted by molar-refractivity contribution is -0.122. The van der Waals surface area contributed by atoms with Gasteiger partial charge in [-0.25, -0.2) is 0 Å². The monoisotopic (exact) mass is 241 g/mol. The minimum atomic E-state index is -0.0846. The molecule has 0 radical (unpaired) electrons. The third-order valence-corrected chi connectivity index (χ3v) is 3.38. The Morgan fingerprint density at radius 3 is 2.65 bits per heavy atom. The van der Waals surface area contributed by atoms with E-state index in [-0.39, 0.29) is 11.9 Å². The maximum Gasteiger partial charge on any atom is 0.236 e. The Morgan fingerprint density at radius 1 is 1.41 bits per heavy atom. The molecule has 1 fully saturated rings. The Hall–Kier alpha value is -0.610. The molecule has 17 heavy (non-hydrogen) atoms. The van der Waals surface area contributed by atoms with Crippen LogP contribution in [0.3, 0.4) is 0 Å². The van der Waals surface area contributed by atoms with Crippen molar-refractivity contribution in [1.82, 2.24) is 15.5 Å². The number of nitrogens with zero attached hydrogens (tertiary/aromatic N) is 1. The second-order valence-corrected chi connectivity index (χ2v) is 5.25. The van der Waals surface area contributed by atoms with Crippen molar-refractivity contribution in [2.75, 3.05) is 19.6 Å². The summed E-state index contributed by atoms with van der Waals surface area (Å²) >= 11 is 0. The Bertz CT molecular complexity index is 243. The molecule has 0 aliphatic carbocycles. The highest BCUT2D eigenvalue weighted by Crippen LogP contribution is 2.12. The van der Waals surface area contributed by atoms with Crippen molar-refractivity contribution in [2.24, 2.45) is 0 Å². The zero-order valence-electron chi connectivity index (χ0n) is 11.6. The largest absolute Gasteiger partial charge is 0.355 e. The van der Waals surface area contributed by atoms with E-state index in [0.717, 1.165) is 32.5 Å². The van der Waals surface area contributed by atoms with Crippen LogP contribution in [0.1, 0.15) is 40.5 Å². The van der Waals surface area contributed by atoms with Gasteiger partial charge in [0.1, 0.15) is 0 Å². The summed E-state index contributed by atoms with van der Waals surface area (Å²) in [7, 11) is 0. The highest BCUT2D eigenvalue weighted by atomic mass is 16.2. The summed E-state index contributed by atoms with van der Waals surface area (Å²) in [5.41, 5.74) is 0. The minimum Gasteiger partial charge on any atom is -0.355 e. The standard InChI is InChI=1S/C13H27N3O/c1-5-7-14-13(17)11(4)15-12-6-8-16(9-12)10(2)3/h10-12,15H,5-9H2,1-4H3,(H,14,17). The second-order valence-electron chi connectivity index (χ2n) is 5.25. The van der Waals surface area contributed by atoms with Crippen LogP contribution in [0.25, 0.3) is 0 Å². The normalized spacial score (nSPS) is 23.0. The van der Waals surface area contributed by atoms with Crippen LogP contribution >= 0.6 is 0 Å². The molecule has 0 aromatic carbocycles. The van der Waals surface area contributed by atoms with Crippen LogP contribution in [0.15, 0.2) is 0 Å². The van der Waals surface area contributed by atoms with Gasteiger partial charge in [0.25, 0.3) is 0 Å². The molecule has 1 amide bonds. The van der Waals surface area contributed by atoms with Gasteiger partial charge in [-0.05, 0) is 40.2 Å². The molecule has 0 aromatic heterocycles. The van der Waals surface area contributed by atoms with E-state index in [1.165, 1.54) is 0 Å². The van der Waals surface area contributed by atoms with E-state index in [4.69, 9.17) is 0 Å². The van der Waals surface area contributed by atoms with Crippen LogP contribution in [-0.2, 0) is 4.79 Å². The molecule has 1 rings (SSSR count). The zero-order chi connectivity index (χ0) is 12.8. The zero-order valence-corrected chi connectivity index (χ0v) is 11.6. The topological polar surface area (TPSA) is 44.4 Å². The van der Waals surface area contributed by atoms with Gasteiger partial charge in [-0.3, -0.25) is 9.69 Å². The lowest BCUT2D eigenvalue weighted by Gasteiger charge is -2.22. The Kier molecular flexibility index (Phi) is 5.92. The smallest absolute Gasteiger partial charge is 0.236 e. The SMILES string of the molecule is CCCNC(=O)C(C)NC1CCN(C(C)C)C1. The first-order valence-corrected chi connectivity index (χ1v) is 6.82. The molecule has 0 spiro atoms. The summed E-state index contributed by atoms with van der Waals surface area (Å²) in [5.74, 6) is 0.120. The van der Waals surface area contributed by atoms with Crippen LogP contribution in [0.4, 0.5) is 0 Å². The van der Waals surface area contributed by atoms with Gasteiger partial charge >= 0.3 is 0 Å². The highest BCUT2D eigenvalue weighted by Gasteiger charge is 2.26. The summed E-state index contributed by atoms with van der Waals surface area (Å²) < 4.78 is 0. The summed E-state index contributed by atoms with van der Waals surface area (Å²) in [4.78, 5) is 14.2. The molecule has 0 aromatic rings. The Balaban J connectivity index is 2.27. The predicted octanol–water partition coefficient (Wildman–Crippen LogP) is 0.973. The van der Waals surface area contributed by atoms with Crippen molar-refractivity contribution in [3.05, 3.63) is 0 Å². The summed E-state index contributed by atoms with van der Waals surface area (Å²) in [6.07, 6.45) is 2.13. The Labute approximate surface area is 105 Å². The average Bonchev–Trinajstić information content (AvgIpc) is 2.74. The van der Waals surface area contributed by atoms with Crippen LogP contribution in [0, 0.1) is 0 Å². The predicted molar refractivity (Wildman–Crippen MR) is 71.0 cm³/mol. The van der Waals surface area contributed by atoms with Gasteiger partial charge in [0.05, 0.1) is 6.04 Å². The first-order valence-electron chi connectivity index (χ1n) is 6.82. The highest BCUT2D eigenvalue weighted by molar-refractivity contribution is 5.81. The number of amides is 1. The number of carbonyl (C=O) groups excluding carboxylic acids is 1. The van der Waals surface area contributed by atoms with Crippen LogP contribution < -0.4 is 10.6 Å². The van der Waals surface area contributed by atoms with Crippen LogP contribution in [0.5, 0.6) is 0 Å². The number of nitrogens with one attached hydrogen (secondary N) is 2. The first kappa shape index (κ1) is 14.5. The van der Waals surface area contributed by atoms with Crippen molar-refractivity contribution in [3.8, 4) is 0 Å². The molecule has 2 unspecified atom stereocenters. The van der Waals surface area contributed by atoms with Gasteiger partial charge in [0.15, 0.2) is 0 Å². The molecule has 2 atom stereocenters. The van der Waals surface area contributed by atoms with Gasteiger partial charge in [-0.15, -0.1) is 0 Å². The van der Waals surface area contributed by atoms with Crippen LogP contribution in [0.2, 0.25) is 0 Å². The van der Waals surface area contributed by atoms with Crippen molar-refractivity contribution in [1.29, 1.82) is 0 Å². The summed E-state index contributed by atoms with van der Waals surface area (Å²) in [6, 6.07) is 0.976. The van der Waals surface area contributed by atoms with E-state index in [1.54, 1.807) is 0 Å². The van der Waals surface area contributed by atoms with E-state index in [2.05, 4.69) is 36.3 Å². The number of hydrogen-bond acceptors (Lipinski definition) is 3. The van der Waals surface area contributed by atoms with E-state index in [0.29, 0.717) is 12.1 Å². The molecular formula is C13H27N3O. The second kappa shape index (κ2) is 6.97. The molecule has 1 aliphatic heterocycles. The third kappa shape index (κ3) is 4.64. The van der Waals surface area contributed by atoms with E-state index < -0.39 is 0 Å². The maximum absolute atomic E-state index is 11.7. The first-order chi connectivity index (χ1) is 8.04. The molecule has 4 nitrogen and oxygen atoms in total. The number of rotatable bonds is 6. The molecule has 0 bridgehead atoms. The van der Waals surface area contributed by atoms with Gasteiger partial charge in [-0.1, -0.05) is 6.92 Å². The fourth-order valence-electron chi connectivity index (χ4n) is 2.22. The minimum absolute atomic E-state index is 0.0846. The van der Waals surface area contributed by atoms with Crippen molar-refractivity contribution in [2.45, 2.75) is 58.7 Å². The van der Waals surface area contributed by atoms with E-state index in [1.807, 2.05) is 6.92 Å². The van der Waals surface area contributed by atoms with Gasteiger partial charge in [-0.2, -0.15) is 0 Å². The summed E-state index contributed by atoms with van der Waals surface area (Å²) in [6.45, 7) is 11.4. The van der Waals surface area contributed by atoms with E-state index in [9.17, 15) is 4.79 Å². The quantitative estimate of drug-likeness (QED) is 0.728. The fraction of sp³-hybridized carbons (Fsp3) is 0.923. The Morgan fingerprint density at radius 2 is 2.12 bits per heavy atom. The van der Waals surface area contributed by atoms with Crippen molar-refractivity contribution in [3.63, 3.8) is 0 Å². The molecule has 4 heteroatoms. The fourth-order valence-corrected chi connectivity index (χ4v) is 2.22. The molecule has 1 heterocycles. The lowest BCUT2D eigenvalue weighted by Crippen LogP contribution is -2.47. The summed E-state index contributed by atoms with van der Waals surface area (Å²) in [5, 5.41) is 6.34.